The van der Waals surface area contributed by atoms with E-state index in [1.807, 2.05) is 0 Å². The Morgan fingerprint density at radius 2 is 1.96 bits per heavy atom. The summed E-state index contributed by atoms with van der Waals surface area (Å²) < 4.78 is 10.3. The number of methoxy groups -OCH3 is 1. The monoisotopic (exact) mass is 349 g/mol. The number of carboxylic acids is 1. The first kappa shape index (κ1) is 18.9. The Hall–Kier alpha value is -2.41. The molecule has 136 valence electrons. The summed E-state index contributed by atoms with van der Waals surface area (Å²) in [5.74, 6) is -0.428. The van der Waals surface area contributed by atoms with Crippen molar-refractivity contribution >= 4 is 17.7 Å². The highest BCUT2D eigenvalue weighted by atomic mass is 16.5. The third-order valence-electron chi connectivity index (χ3n) is 4.16. The zero-order chi connectivity index (χ0) is 18.2. The number of Topliss-reactive ketones (excluding diaryl/α,β-unsaturated/α-hetero) is 1. The van der Waals surface area contributed by atoms with Crippen molar-refractivity contribution in [3.05, 3.63) is 29.8 Å². The van der Waals surface area contributed by atoms with E-state index >= 15 is 0 Å². The number of morpholine rings is 1. The average molecular weight is 349 g/mol. The lowest BCUT2D eigenvalue weighted by Crippen LogP contribution is -2.49. The van der Waals surface area contributed by atoms with Crippen LogP contribution in [-0.2, 0) is 14.3 Å². The zero-order valence-electron chi connectivity index (χ0n) is 14.3. The molecule has 2 rings (SSSR count). The smallest absolute Gasteiger partial charge is 0.305 e. The second kappa shape index (κ2) is 9.17. The van der Waals surface area contributed by atoms with E-state index in [0.717, 1.165) is 0 Å². The minimum Gasteiger partial charge on any atom is -0.497 e. The molecular formula is C18H23NO6. The molecule has 1 aliphatic heterocycles. The first-order valence-corrected chi connectivity index (χ1v) is 8.27. The number of hydrogen-bond acceptors (Lipinski definition) is 5. The van der Waals surface area contributed by atoms with E-state index in [-0.39, 0.29) is 37.6 Å². The van der Waals surface area contributed by atoms with Gasteiger partial charge in [0.15, 0.2) is 5.78 Å². The third-order valence-corrected chi connectivity index (χ3v) is 4.16. The molecule has 1 amide bonds. The van der Waals surface area contributed by atoms with Crippen LogP contribution < -0.4 is 4.74 Å². The van der Waals surface area contributed by atoms with Crippen LogP contribution in [0.1, 0.15) is 36.0 Å². The topological polar surface area (TPSA) is 93.1 Å². The molecule has 1 N–H and O–H groups in total. The van der Waals surface area contributed by atoms with Crippen LogP contribution in [0, 0.1) is 0 Å². The lowest BCUT2D eigenvalue weighted by molar-refractivity contribution is -0.146. The number of benzene rings is 1. The van der Waals surface area contributed by atoms with Gasteiger partial charge in [0.05, 0.1) is 32.8 Å². The Labute approximate surface area is 146 Å². The first-order chi connectivity index (χ1) is 12.0. The summed E-state index contributed by atoms with van der Waals surface area (Å²) in [5, 5.41) is 8.93. The van der Waals surface area contributed by atoms with Gasteiger partial charge in [-0.05, 0) is 30.7 Å². The van der Waals surface area contributed by atoms with Crippen LogP contribution in [0.2, 0.25) is 0 Å². The molecule has 0 spiro atoms. The second-order valence-corrected chi connectivity index (χ2v) is 5.92. The highest BCUT2D eigenvalue weighted by Crippen LogP contribution is 2.16. The molecule has 0 bridgehead atoms. The van der Waals surface area contributed by atoms with Gasteiger partial charge in [-0.1, -0.05) is 0 Å². The quantitative estimate of drug-likeness (QED) is 0.719. The molecule has 0 radical (unpaired) electrons. The lowest BCUT2D eigenvalue weighted by Gasteiger charge is -2.35. The Morgan fingerprint density at radius 3 is 2.60 bits per heavy atom. The lowest BCUT2D eigenvalue weighted by atomic mass is 10.0. The number of ketones is 1. The van der Waals surface area contributed by atoms with Crippen LogP contribution in [0.3, 0.4) is 0 Å². The fraction of sp³-hybridized carbons (Fsp3) is 0.500. The van der Waals surface area contributed by atoms with E-state index in [4.69, 9.17) is 14.6 Å². The molecule has 1 aromatic rings. The van der Waals surface area contributed by atoms with Gasteiger partial charge in [0.25, 0.3) is 0 Å². The molecule has 0 saturated carbocycles. The Bertz CT molecular complexity index is 612. The maximum atomic E-state index is 12.3. The molecule has 0 aliphatic carbocycles. The Kier molecular flexibility index (Phi) is 6.94. The number of carbonyl (C=O) groups excluding carboxylic acids is 2. The van der Waals surface area contributed by atoms with Crippen LogP contribution in [0.4, 0.5) is 0 Å². The fourth-order valence-electron chi connectivity index (χ4n) is 2.82. The van der Waals surface area contributed by atoms with Crippen LogP contribution >= 0.6 is 0 Å². The van der Waals surface area contributed by atoms with Crippen molar-refractivity contribution < 1.29 is 29.0 Å². The molecular weight excluding hydrogens is 326 g/mol. The normalized spacial score (nSPS) is 17.2. The number of hydrogen-bond donors (Lipinski definition) is 1. The van der Waals surface area contributed by atoms with Gasteiger partial charge in [0, 0.05) is 24.9 Å². The summed E-state index contributed by atoms with van der Waals surface area (Å²) in [6.07, 6.45) is 0.793. The molecule has 1 aliphatic rings. The zero-order valence-corrected chi connectivity index (χ0v) is 14.3. The molecule has 0 aromatic heterocycles. The van der Waals surface area contributed by atoms with Crippen LogP contribution in [-0.4, -0.2) is 60.6 Å². The van der Waals surface area contributed by atoms with Gasteiger partial charge in [-0.15, -0.1) is 0 Å². The summed E-state index contributed by atoms with van der Waals surface area (Å²) in [6, 6.07) is 6.42. The standard InChI is InChI=1S/C18H23NO6/c1-24-15-7-5-13(6-8-15)16(20)3-2-4-17(21)19-9-10-25-12-14(19)11-18(22)23/h5-8,14H,2-4,9-12H2,1H3,(H,22,23). The molecule has 1 aromatic carbocycles. The van der Waals surface area contributed by atoms with Crippen LogP contribution in [0.15, 0.2) is 24.3 Å². The van der Waals surface area contributed by atoms with E-state index < -0.39 is 12.0 Å². The van der Waals surface area contributed by atoms with Crippen molar-refractivity contribution in [2.24, 2.45) is 0 Å². The van der Waals surface area contributed by atoms with Gasteiger partial charge in [0.1, 0.15) is 5.75 Å². The van der Waals surface area contributed by atoms with E-state index in [9.17, 15) is 14.4 Å². The number of carbonyl (C=O) groups is 3. The van der Waals surface area contributed by atoms with Crippen molar-refractivity contribution in [2.45, 2.75) is 31.7 Å². The maximum Gasteiger partial charge on any atom is 0.305 e. The van der Waals surface area contributed by atoms with Crippen molar-refractivity contribution in [1.29, 1.82) is 0 Å². The summed E-state index contributed by atoms with van der Waals surface area (Å²) in [6.45, 7) is 1.04. The first-order valence-electron chi connectivity index (χ1n) is 8.27. The van der Waals surface area contributed by atoms with Crippen molar-refractivity contribution in [2.75, 3.05) is 26.9 Å². The second-order valence-electron chi connectivity index (χ2n) is 5.92. The number of amides is 1. The summed E-state index contributed by atoms with van der Waals surface area (Å²) in [7, 11) is 1.56. The van der Waals surface area contributed by atoms with E-state index in [0.29, 0.717) is 30.9 Å². The third kappa shape index (κ3) is 5.56. The Morgan fingerprint density at radius 1 is 1.24 bits per heavy atom. The van der Waals surface area contributed by atoms with Gasteiger partial charge in [0.2, 0.25) is 5.91 Å². The highest BCUT2D eigenvalue weighted by molar-refractivity contribution is 5.96. The number of rotatable bonds is 8. The largest absolute Gasteiger partial charge is 0.497 e. The number of aliphatic carboxylic acids is 1. The molecule has 1 fully saturated rings. The molecule has 7 nitrogen and oxygen atoms in total. The van der Waals surface area contributed by atoms with E-state index in [1.165, 1.54) is 0 Å². The Balaban J connectivity index is 1.81. The average Bonchev–Trinajstić information content (AvgIpc) is 2.61. The van der Waals surface area contributed by atoms with Gasteiger partial charge < -0.3 is 19.5 Å². The van der Waals surface area contributed by atoms with Gasteiger partial charge >= 0.3 is 5.97 Å². The number of ether oxygens (including phenoxy) is 2. The molecule has 25 heavy (non-hydrogen) atoms. The number of nitrogens with zero attached hydrogens (tertiary/aromatic N) is 1. The molecule has 1 atom stereocenters. The van der Waals surface area contributed by atoms with E-state index in [2.05, 4.69) is 0 Å². The minimum absolute atomic E-state index is 0.0282. The summed E-state index contributed by atoms with van der Waals surface area (Å²) in [4.78, 5) is 36.9. The highest BCUT2D eigenvalue weighted by Gasteiger charge is 2.28. The van der Waals surface area contributed by atoms with Crippen molar-refractivity contribution in [1.82, 2.24) is 4.90 Å². The fourth-order valence-corrected chi connectivity index (χ4v) is 2.82. The molecule has 1 heterocycles. The van der Waals surface area contributed by atoms with Gasteiger partial charge in [-0.2, -0.15) is 0 Å². The molecule has 1 saturated heterocycles. The summed E-state index contributed by atoms with van der Waals surface area (Å²) >= 11 is 0. The van der Waals surface area contributed by atoms with Gasteiger partial charge in [-0.3, -0.25) is 14.4 Å². The van der Waals surface area contributed by atoms with Gasteiger partial charge in [-0.25, -0.2) is 0 Å². The minimum atomic E-state index is -0.956. The van der Waals surface area contributed by atoms with Crippen LogP contribution in [0.25, 0.3) is 0 Å². The van der Waals surface area contributed by atoms with Crippen molar-refractivity contribution in [3.8, 4) is 5.75 Å². The van der Waals surface area contributed by atoms with Crippen LogP contribution in [0.5, 0.6) is 5.75 Å². The molecule has 7 heteroatoms. The molecule has 1 unspecified atom stereocenters. The maximum absolute atomic E-state index is 12.3. The van der Waals surface area contributed by atoms with E-state index in [1.54, 1.807) is 36.3 Å². The predicted molar refractivity (Wildman–Crippen MR) is 89.7 cm³/mol. The predicted octanol–water partition coefficient (Wildman–Crippen LogP) is 1.75. The summed E-state index contributed by atoms with van der Waals surface area (Å²) in [5.41, 5.74) is 0.586. The number of carboxylic acid groups (broad SMARTS) is 1. The van der Waals surface area contributed by atoms with Crippen molar-refractivity contribution in [3.63, 3.8) is 0 Å². The SMILES string of the molecule is COc1ccc(C(=O)CCCC(=O)N2CCOCC2CC(=O)O)cc1.